The Morgan fingerprint density at radius 1 is 1.73 bits per heavy atom. The molecule has 0 aliphatic heterocycles. The number of carbonyl (C=O) groups is 1. The van der Waals surface area contributed by atoms with Crippen molar-refractivity contribution < 1.29 is 9.53 Å². The zero-order valence-corrected chi connectivity index (χ0v) is 10.8. The van der Waals surface area contributed by atoms with Crippen LogP contribution in [0, 0.1) is 0 Å². The third kappa shape index (κ3) is 2.18. The van der Waals surface area contributed by atoms with E-state index in [4.69, 9.17) is 4.74 Å². The quantitative estimate of drug-likeness (QED) is 0.865. The fourth-order valence-electron chi connectivity index (χ4n) is 1.36. The summed E-state index contributed by atoms with van der Waals surface area (Å²) in [5.41, 5.74) is -0.00785. The Hall–Kier alpha value is -0.550. The maximum atomic E-state index is 11.9. The Morgan fingerprint density at radius 3 is 3.00 bits per heavy atom. The molecular weight excluding hydrogens is 278 g/mol. The SMILES string of the molecule is COc1ccsc1C(=O)NC1(CBr)CC1. The van der Waals surface area contributed by atoms with Gasteiger partial charge in [0.05, 0.1) is 12.6 Å². The predicted molar refractivity (Wildman–Crippen MR) is 64.1 cm³/mol. The van der Waals surface area contributed by atoms with E-state index in [1.54, 1.807) is 7.11 Å². The summed E-state index contributed by atoms with van der Waals surface area (Å²) in [6.07, 6.45) is 2.11. The van der Waals surface area contributed by atoms with Crippen molar-refractivity contribution in [1.29, 1.82) is 0 Å². The maximum Gasteiger partial charge on any atom is 0.265 e. The summed E-state index contributed by atoms with van der Waals surface area (Å²) in [5, 5.41) is 5.72. The highest BCUT2D eigenvalue weighted by atomic mass is 79.9. The standard InChI is InChI=1S/C10H12BrNO2S/c1-14-7-2-5-15-8(7)9(13)12-10(6-11)3-4-10/h2,5H,3-4,6H2,1H3,(H,12,13). The third-order valence-electron chi connectivity index (χ3n) is 2.54. The van der Waals surface area contributed by atoms with Gasteiger partial charge in [-0.2, -0.15) is 0 Å². The van der Waals surface area contributed by atoms with Crippen molar-refractivity contribution in [2.75, 3.05) is 12.4 Å². The van der Waals surface area contributed by atoms with Crippen LogP contribution in [-0.2, 0) is 0 Å². The molecule has 0 radical (unpaired) electrons. The summed E-state index contributed by atoms with van der Waals surface area (Å²) in [4.78, 5) is 12.6. The van der Waals surface area contributed by atoms with Crippen LogP contribution >= 0.6 is 27.3 Å². The van der Waals surface area contributed by atoms with Crippen molar-refractivity contribution in [3.63, 3.8) is 0 Å². The summed E-state index contributed by atoms with van der Waals surface area (Å²) in [6, 6.07) is 1.81. The summed E-state index contributed by atoms with van der Waals surface area (Å²) in [7, 11) is 1.58. The van der Waals surface area contributed by atoms with Gasteiger partial charge in [0.2, 0.25) is 0 Å². The number of hydrogen-bond donors (Lipinski definition) is 1. The first kappa shape index (κ1) is 11.0. The Labute approximate surface area is 101 Å². The van der Waals surface area contributed by atoms with E-state index in [1.165, 1.54) is 11.3 Å². The van der Waals surface area contributed by atoms with Crippen LogP contribution in [0.25, 0.3) is 0 Å². The summed E-state index contributed by atoms with van der Waals surface area (Å²) >= 11 is 4.83. The van der Waals surface area contributed by atoms with E-state index in [-0.39, 0.29) is 11.4 Å². The van der Waals surface area contributed by atoms with Crippen LogP contribution in [-0.4, -0.2) is 23.9 Å². The minimum atomic E-state index is -0.0289. The van der Waals surface area contributed by atoms with Crippen molar-refractivity contribution in [3.05, 3.63) is 16.3 Å². The number of alkyl halides is 1. The molecule has 15 heavy (non-hydrogen) atoms. The molecule has 2 rings (SSSR count). The molecule has 0 saturated heterocycles. The molecule has 1 N–H and O–H groups in total. The van der Waals surface area contributed by atoms with E-state index < -0.39 is 0 Å². The highest BCUT2D eigenvalue weighted by Crippen LogP contribution is 2.38. The molecule has 0 spiro atoms. The number of amides is 1. The largest absolute Gasteiger partial charge is 0.495 e. The van der Waals surface area contributed by atoms with E-state index in [0.717, 1.165) is 18.2 Å². The smallest absolute Gasteiger partial charge is 0.265 e. The molecule has 1 fully saturated rings. The van der Waals surface area contributed by atoms with Gasteiger partial charge < -0.3 is 10.1 Å². The number of ether oxygens (including phenoxy) is 1. The highest BCUT2D eigenvalue weighted by Gasteiger charge is 2.43. The van der Waals surface area contributed by atoms with E-state index in [1.807, 2.05) is 11.4 Å². The number of nitrogens with one attached hydrogen (secondary N) is 1. The Morgan fingerprint density at radius 2 is 2.47 bits per heavy atom. The van der Waals surface area contributed by atoms with Gasteiger partial charge >= 0.3 is 0 Å². The lowest BCUT2D eigenvalue weighted by Crippen LogP contribution is -2.37. The van der Waals surface area contributed by atoms with Crippen LogP contribution in [0.4, 0.5) is 0 Å². The first-order valence-corrected chi connectivity index (χ1v) is 6.71. The van der Waals surface area contributed by atoms with Crippen LogP contribution in [0.1, 0.15) is 22.5 Å². The van der Waals surface area contributed by atoms with Gasteiger partial charge in [-0.25, -0.2) is 0 Å². The molecule has 3 nitrogen and oxygen atoms in total. The third-order valence-corrected chi connectivity index (χ3v) is 4.51. The van der Waals surface area contributed by atoms with E-state index in [0.29, 0.717) is 10.6 Å². The fourth-order valence-corrected chi connectivity index (χ4v) is 2.82. The van der Waals surface area contributed by atoms with Crippen LogP contribution in [0.5, 0.6) is 5.75 Å². The minimum Gasteiger partial charge on any atom is -0.495 e. The highest BCUT2D eigenvalue weighted by molar-refractivity contribution is 9.09. The van der Waals surface area contributed by atoms with E-state index >= 15 is 0 Å². The average Bonchev–Trinajstić information content (AvgIpc) is 2.85. The van der Waals surface area contributed by atoms with Gasteiger partial charge in [-0.05, 0) is 24.3 Å². The van der Waals surface area contributed by atoms with Crippen molar-refractivity contribution >= 4 is 33.2 Å². The number of methoxy groups -OCH3 is 1. The van der Waals surface area contributed by atoms with Crippen LogP contribution in [0.15, 0.2) is 11.4 Å². The molecule has 1 amide bonds. The molecule has 1 aromatic rings. The molecule has 0 unspecified atom stereocenters. The number of hydrogen-bond acceptors (Lipinski definition) is 3. The van der Waals surface area contributed by atoms with Gasteiger partial charge in [-0.1, -0.05) is 15.9 Å². The van der Waals surface area contributed by atoms with Crippen LogP contribution in [0.2, 0.25) is 0 Å². The van der Waals surface area contributed by atoms with Crippen LogP contribution in [0.3, 0.4) is 0 Å². The summed E-state index contributed by atoms with van der Waals surface area (Å²) in [6.45, 7) is 0. The molecule has 1 heterocycles. The molecule has 1 aromatic heterocycles. The second-order valence-electron chi connectivity index (χ2n) is 3.69. The zero-order chi connectivity index (χ0) is 10.9. The van der Waals surface area contributed by atoms with Gasteiger partial charge in [0.25, 0.3) is 5.91 Å². The Bertz CT molecular complexity index is 373. The van der Waals surface area contributed by atoms with Gasteiger partial charge in [0, 0.05) is 5.33 Å². The lowest BCUT2D eigenvalue weighted by atomic mass is 10.3. The topological polar surface area (TPSA) is 38.3 Å². The lowest BCUT2D eigenvalue weighted by molar-refractivity contribution is 0.0938. The van der Waals surface area contributed by atoms with Crippen LogP contribution < -0.4 is 10.1 Å². The van der Waals surface area contributed by atoms with Crippen molar-refractivity contribution in [2.24, 2.45) is 0 Å². The second-order valence-corrected chi connectivity index (χ2v) is 5.16. The molecule has 0 aromatic carbocycles. The molecule has 0 atom stereocenters. The number of rotatable bonds is 4. The Balaban J connectivity index is 2.08. The molecule has 82 valence electrons. The van der Waals surface area contributed by atoms with Crippen molar-refractivity contribution in [1.82, 2.24) is 5.32 Å². The number of carbonyl (C=O) groups excluding carboxylic acids is 1. The second kappa shape index (κ2) is 4.14. The molecule has 1 saturated carbocycles. The van der Waals surface area contributed by atoms with E-state index in [9.17, 15) is 4.79 Å². The van der Waals surface area contributed by atoms with Crippen molar-refractivity contribution in [3.8, 4) is 5.75 Å². The Kier molecular flexibility index (Phi) is 3.02. The predicted octanol–water partition coefficient (Wildman–Crippen LogP) is 2.41. The molecule has 5 heteroatoms. The van der Waals surface area contributed by atoms with Gasteiger partial charge in [-0.15, -0.1) is 11.3 Å². The fraction of sp³-hybridized carbons (Fsp3) is 0.500. The molecule has 0 bridgehead atoms. The van der Waals surface area contributed by atoms with Gasteiger partial charge in [0.15, 0.2) is 0 Å². The number of halogens is 1. The monoisotopic (exact) mass is 289 g/mol. The first-order chi connectivity index (χ1) is 7.21. The van der Waals surface area contributed by atoms with Crippen molar-refractivity contribution in [2.45, 2.75) is 18.4 Å². The van der Waals surface area contributed by atoms with E-state index in [2.05, 4.69) is 21.2 Å². The summed E-state index contributed by atoms with van der Waals surface area (Å²) in [5.74, 6) is 0.627. The normalized spacial score (nSPS) is 17.2. The molecule has 1 aliphatic carbocycles. The van der Waals surface area contributed by atoms with Gasteiger partial charge in [-0.3, -0.25) is 4.79 Å². The average molecular weight is 290 g/mol. The van der Waals surface area contributed by atoms with Gasteiger partial charge in [0.1, 0.15) is 10.6 Å². The lowest BCUT2D eigenvalue weighted by Gasteiger charge is -2.13. The maximum absolute atomic E-state index is 11.9. The number of thiophene rings is 1. The zero-order valence-electron chi connectivity index (χ0n) is 8.38. The molecular formula is C10H12BrNO2S. The minimum absolute atomic E-state index is 0.00785. The molecule has 1 aliphatic rings. The summed E-state index contributed by atoms with van der Waals surface area (Å²) < 4.78 is 5.11. The first-order valence-electron chi connectivity index (χ1n) is 4.71.